The fourth-order valence-corrected chi connectivity index (χ4v) is 4.15. The Balaban J connectivity index is 2.13. The summed E-state index contributed by atoms with van der Waals surface area (Å²) in [5.74, 6) is -0.236. The first kappa shape index (κ1) is 18.7. The maximum Gasteiger partial charge on any atom is 0.348 e. The Bertz CT molecular complexity index is 686. The van der Waals surface area contributed by atoms with E-state index in [2.05, 4.69) is 45.9 Å². The Hall–Kier alpha value is -1.61. The maximum atomic E-state index is 11.7. The van der Waals surface area contributed by atoms with Crippen LogP contribution in [0.15, 0.2) is 41.0 Å². The van der Waals surface area contributed by atoms with E-state index >= 15 is 0 Å². The topological polar surface area (TPSA) is 26.3 Å². The zero-order chi connectivity index (χ0) is 17.7. The second-order valence-electron chi connectivity index (χ2n) is 7.08. The highest BCUT2D eigenvalue weighted by Gasteiger charge is 2.26. The van der Waals surface area contributed by atoms with E-state index in [0.717, 1.165) is 4.88 Å². The first-order chi connectivity index (χ1) is 11.3. The van der Waals surface area contributed by atoms with E-state index in [-0.39, 0.29) is 11.4 Å². The molecule has 0 saturated heterocycles. The Morgan fingerprint density at radius 1 is 1.38 bits per heavy atom. The van der Waals surface area contributed by atoms with Gasteiger partial charge in [-0.2, -0.15) is 0 Å². The number of hydrogen-bond donors (Lipinski definition) is 0. The lowest BCUT2D eigenvalue weighted by atomic mass is 9.72. The van der Waals surface area contributed by atoms with E-state index in [9.17, 15) is 4.79 Å². The summed E-state index contributed by atoms with van der Waals surface area (Å²) in [5, 5.41) is 0. The number of carbonyl (C=O) groups is 1. The summed E-state index contributed by atoms with van der Waals surface area (Å²) in [4.78, 5) is 13.5. The van der Waals surface area contributed by atoms with Gasteiger partial charge in [-0.1, -0.05) is 31.6 Å². The van der Waals surface area contributed by atoms with Crippen LogP contribution in [0.2, 0.25) is 0 Å². The summed E-state index contributed by atoms with van der Waals surface area (Å²) >= 11 is 1.47. The van der Waals surface area contributed by atoms with Gasteiger partial charge in [-0.3, -0.25) is 0 Å². The molecule has 0 aromatic carbocycles. The zero-order valence-corrected chi connectivity index (χ0v) is 16.3. The van der Waals surface area contributed by atoms with Crippen LogP contribution in [-0.4, -0.2) is 12.6 Å². The predicted octanol–water partition coefficient (Wildman–Crippen LogP) is 6.41. The van der Waals surface area contributed by atoms with Crippen molar-refractivity contribution in [2.24, 2.45) is 5.41 Å². The minimum absolute atomic E-state index is 0.236. The largest absolute Gasteiger partial charge is 0.462 e. The van der Waals surface area contributed by atoms with Crippen molar-refractivity contribution in [2.75, 3.05) is 6.61 Å². The lowest BCUT2D eigenvalue weighted by molar-refractivity contribution is 0.0532. The molecule has 1 aliphatic rings. The third-order valence-electron chi connectivity index (χ3n) is 4.53. The fourth-order valence-electron chi connectivity index (χ4n) is 3.24. The lowest BCUT2D eigenvalue weighted by Crippen LogP contribution is -2.19. The second kappa shape index (κ2) is 7.98. The van der Waals surface area contributed by atoms with Crippen molar-refractivity contribution < 1.29 is 9.53 Å². The highest BCUT2D eigenvalue weighted by atomic mass is 32.1. The molecule has 0 unspecified atom stereocenters. The molecule has 3 heteroatoms. The van der Waals surface area contributed by atoms with Crippen LogP contribution in [0.4, 0.5) is 0 Å². The van der Waals surface area contributed by atoms with Crippen molar-refractivity contribution in [1.82, 2.24) is 0 Å². The van der Waals surface area contributed by atoms with E-state index in [1.54, 1.807) is 0 Å². The molecule has 1 aromatic heterocycles. The Morgan fingerprint density at radius 3 is 2.79 bits per heavy atom. The van der Waals surface area contributed by atoms with Gasteiger partial charge in [0, 0.05) is 4.88 Å². The molecule has 0 radical (unpaired) electrons. The van der Waals surface area contributed by atoms with Crippen molar-refractivity contribution in [3.05, 3.63) is 50.8 Å². The summed E-state index contributed by atoms with van der Waals surface area (Å²) in [6.07, 6.45) is 10.3. The van der Waals surface area contributed by atoms with Crippen molar-refractivity contribution >= 4 is 23.4 Å². The van der Waals surface area contributed by atoms with Crippen LogP contribution in [-0.2, 0) is 4.74 Å². The van der Waals surface area contributed by atoms with Crippen LogP contribution in [0.25, 0.3) is 6.08 Å². The molecule has 0 spiro atoms. The maximum absolute atomic E-state index is 11.7. The molecule has 2 rings (SSSR count). The van der Waals surface area contributed by atoms with Crippen LogP contribution in [0.3, 0.4) is 0 Å². The number of ether oxygens (including phenoxy) is 1. The van der Waals surface area contributed by atoms with Gasteiger partial charge < -0.3 is 4.74 Å². The third-order valence-corrected chi connectivity index (χ3v) is 5.54. The van der Waals surface area contributed by atoms with Crippen molar-refractivity contribution in [3.63, 3.8) is 0 Å². The zero-order valence-electron chi connectivity index (χ0n) is 15.4. The van der Waals surface area contributed by atoms with Crippen LogP contribution < -0.4 is 0 Å². The van der Waals surface area contributed by atoms with E-state index in [4.69, 9.17) is 4.74 Å². The molecule has 0 saturated carbocycles. The number of carbonyl (C=O) groups excluding carboxylic acids is 1. The molecule has 24 heavy (non-hydrogen) atoms. The molecule has 0 N–H and O–H groups in total. The summed E-state index contributed by atoms with van der Waals surface area (Å²) < 4.78 is 5.04. The highest BCUT2D eigenvalue weighted by Crippen LogP contribution is 2.40. The normalized spacial score (nSPS) is 18.3. The number of allylic oxidation sites excluding steroid dienone is 5. The van der Waals surface area contributed by atoms with E-state index < -0.39 is 0 Å². The minimum Gasteiger partial charge on any atom is -0.462 e. The first-order valence-electron chi connectivity index (χ1n) is 8.67. The molecule has 1 heterocycles. The molecular formula is C21H28O2S. The molecule has 0 aliphatic heterocycles. The van der Waals surface area contributed by atoms with Gasteiger partial charge in [0.15, 0.2) is 0 Å². The molecule has 0 fully saturated rings. The number of thiophene rings is 1. The van der Waals surface area contributed by atoms with Crippen LogP contribution >= 0.6 is 11.3 Å². The molecule has 1 aromatic rings. The summed E-state index contributed by atoms with van der Waals surface area (Å²) in [6.45, 7) is 11.3. The van der Waals surface area contributed by atoms with Gasteiger partial charge in [0.2, 0.25) is 0 Å². The smallest absolute Gasteiger partial charge is 0.348 e. The first-order valence-corrected chi connectivity index (χ1v) is 9.48. The molecule has 0 amide bonds. The summed E-state index contributed by atoms with van der Waals surface area (Å²) in [6, 6.07) is 3.81. The van der Waals surface area contributed by atoms with Gasteiger partial charge in [-0.15, -0.1) is 11.3 Å². The van der Waals surface area contributed by atoms with Gasteiger partial charge in [-0.05, 0) is 74.8 Å². The fraction of sp³-hybridized carbons (Fsp3) is 0.476. The average molecular weight is 345 g/mol. The summed E-state index contributed by atoms with van der Waals surface area (Å²) in [7, 11) is 0. The Kier molecular flexibility index (Phi) is 6.22. The quantitative estimate of drug-likeness (QED) is 0.455. The molecule has 130 valence electrons. The lowest BCUT2D eigenvalue weighted by Gasteiger charge is -2.32. The SMILES string of the molecule is CCOC(=O)c1ccc(/C=C(\C)C=CC2=C(C)CCCC2(C)C)s1. The van der Waals surface area contributed by atoms with Crippen LogP contribution in [0, 0.1) is 5.41 Å². The second-order valence-corrected chi connectivity index (χ2v) is 8.19. The molecule has 1 aliphatic carbocycles. The number of hydrogen-bond acceptors (Lipinski definition) is 3. The van der Waals surface area contributed by atoms with Gasteiger partial charge >= 0.3 is 5.97 Å². The van der Waals surface area contributed by atoms with Gasteiger partial charge in [0.25, 0.3) is 0 Å². The summed E-state index contributed by atoms with van der Waals surface area (Å²) in [5.41, 5.74) is 4.43. The van der Waals surface area contributed by atoms with Gasteiger partial charge in [0.05, 0.1) is 6.61 Å². The average Bonchev–Trinajstić information content (AvgIpc) is 2.95. The van der Waals surface area contributed by atoms with E-state index in [1.807, 2.05) is 19.1 Å². The number of rotatable bonds is 5. The molecule has 0 atom stereocenters. The van der Waals surface area contributed by atoms with E-state index in [1.165, 1.54) is 47.3 Å². The standard InChI is InChI=1S/C21H28O2S/c1-6-23-20(22)19-12-10-17(24-19)14-15(2)9-11-18-16(3)8-7-13-21(18,4)5/h9-12,14H,6-8,13H2,1-5H3/b11-9?,15-14+. The van der Waals surface area contributed by atoms with Crippen LogP contribution in [0.5, 0.6) is 0 Å². The third kappa shape index (κ3) is 4.70. The Morgan fingerprint density at radius 2 is 2.12 bits per heavy atom. The van der Waals surface area contributed by atoms with Crippen molar-refractivity contribution in [2.45, 2.75) is 53.9 Å². The minimum atomic E-state index is -0.236. The predicted molar refractivity (Wildman–Crippen MR) is 103 cm³/mol. The van der Waals surface area contributed by atoms with Crippen molar-refractivity contribution in [3.8, 4) is 0 Å². The van der Waals surface area contributed by atoms with Crippen LogP contribution in [0.1, 0.15) is 68.4 Å². The Labute approximate surface area is 149 Å². The molecule has 0 bridgehead atoms. The monoisotopic (exact) mass is 344 g/mol. The van der Waals surface area contributed by atoms with Crippen molar-refractivity contribution in [1.29, 1.82) is 0 Å². The van der Waals surface area contributed by atoms with E-state index in [0.29, 0.717) is 11.5 Å². The van der Waals surface area contributed by atoms with Gasteiger partial charge in [-0.25, -0.2) is 4.79 Å². The number of esters is 1. The van der Waals surface area contributed by atoms with Gasteiger partial charge in [0.1, 0.15) is 4.88 Å². The molecule has 2 nitrogen and oxygen atoms in total. The molecular weight excluding hydrogens is 316 g/mol. The highest BCUT2D eigenvalue weighted by molar-refractivity contribution is 7.14.